The summed E-state index contributed by atoms with van der Waals surface area (Å²) in [7, 11) is 1.38. The van der Waals surface area contributed by atoms with E-state index in [-0.39, 0.29) is 11.9 Å². The molecule has 30 heavy (non-hydrogen) atoms. The van der Waals surface area contributed by atoms with Gasteiger partial charge in [0.2, 0.25) is 0 Å². The molecule has 6 nitrogen and oxygen atoms in total. The molecule has 1 fully saturated rings. The van der Waals surface area contributed by atoms with Crippen molar-refractivity contribution in [1.29, 1.82) is 0 Å². The molecule has 0 radical (unpaired) electrons. The van der Waals surface area contributed by atoms with E-state index in [4.69, 9.17) is 16.3 Å². The summed E-state index contributed by atoms with van der Waals surface area (Å²) < 4.78 is 5.03. The van der Waals surface area contributed by atoms with Crippen LogP contribution >= 0.6 is 34.3 Å². The van der Waals surface area contributed by atoms with Crippen LogP contribution in [-0.4, -0.2) is 59.9 Å². The van der Waals surface area contributed by atoms with Crippen molar-refractivity contribution < 1.29 is 14.3 Å². The third-order valence-electron chi connectivity index (χ3n) is 5.04. The van der Waals surface area contributed by atoms with E-state index < -0.39 is 6.04 Å². The minimum atomic E-state index is -0.588. The Hall–Kier alpha value is -2.26. The highest BCUT2D eigenvalue weighted by Gasteiger charge is 2.34. The molecule has 1 saturated heterocycles. The predicted octanol–water partition coefficient (Wildman–Crippen LogP) is 4.20. The Morgan fingerprint density at radius 2 is 1.90 bits per heavy atom. The molecule has 0 aliphatic carbocycles. The zero-order valence-corrected chi connectivity index (χ0v) is 18.7. The van der Waals surface area contributed by atoms with Crippen LogP contribution in [0.15, 0.2) is 48.0 Å². The highest BCUT2D eigenvalue weighted by Crippen LogP contribution is 2.31. The molecule has 0 N–H and O–H groups in total. The van der Waals surface area contributed by atoms with E-state index in [1.807, 2.05) is 45.5 Å². The number of carbonyl (C=O) groups excluding carboxylic acids is 2. The number of hydrogen-bond acceptors (Lipinski definition) is 7. The number of thiazole rings is 1. The molecule has 9 heteroatoms. The van der Waals surface area contributed by atoms with Crippen LogP contribution < -0.4 is 0 Å². The van der Waals surface area contributed by atoms with E-state index in [0.717, 1.165) is 9.88 Å². The Morgan fingerprint density at radius 3 is 2.57 bits per heavy atom. The fraction of sp³-hybridized carbons (Fsp3) is 0.286. The van der Waals surface area contributed by atoms with Crippen molar-refractivity contribution >= 4 is 46.2 Å². The standard InChI is InChI=1S/C21H20ClN3O3S2/c1-28-21(27)18(14-5-2-3-6-15(14)22)24-8-10-25(11-9-24)20(26)17-13-23-19(30-17)16-7-4-12-29-16/h2-7,12-13,18H,8-11H2,1H3. The second-order valence-electron chi connectivity index (χ2n) is 6.78. The van der Waals surface area contributed by atoms with Crippen molar-refractivity contribution in [2.24, 2.45) is 0 Å². The van der Waals surface area contributed by atoms with Gasteiger partial charge in [0.1, 0.15) is 15.9 Å². The van der Waals surface area contributed by atoms with Gasteiger partial charge in [-0.3, -0.25) is 9.69 Å². The Bertz CT molecular complexity index is 1030. The van der Waals surface area contributed by atoms with E-state index in [9.17, 15) is 9.59 Å². The van der Waals surface area contributed by atoms with Gasteiger partial charge in [0.15, 0.2) is 0 Å². The van der Waals surface area contributed by atoms with Crippen LogP contribution in [0.4, 0.5) is 0 Å². The summed E-state index contributed by atoms with van der Waals surface area (Å²) in [5.41, 5.74) is 0.717. The molecular formula is C21H20ClN3O3S2. The highest BCUT2D eigenvalue weighted by molar-refractivity contribution is 7.21. The maximum Gasteiger partial charge on any atom is 0.327 e. The topological polar surface area (TPSA) is 62.7 Å². The van der Waals surface area contributed by atoms with E-state index in [2.05, 4.69) is 4.98 Å². The van der Waals surface area contributed by atoms with Crippen LogP contribution in [0, 0.1) is 0 Å². The second kappa shape index (κ2) is 9.26. The number of thiophene rings is 1. The molecule has 4 rings (SSSR count). The Balaban J connectivity index is 1.45. The Kier molecular flexibility index (Phi) is 6.48. The molecule has 0 spiro atoms. The number of rotatable bonds is 5. The number of aromatic nitrogens is 1. The van der Waals surface area contributed by atoms with Crippen LogP contribution in [0.3, 0.4) is 0 Å². The van der Waals surface area contributed by atoms with Crippen LogP contribution in [0.25, 0.3) is 9.88 Å². The predicted molar refractivity (Wildman–Crippen MR) is 119 cm³/mol. The molecule has 1 aliphatic heterocycles. The van der Waals surface area contributed by atoms with Gasteiger partial charge >= 0.3 is 5.97 Å². The van der Waals surface area contributed by atoms with Crippen molar-refractivity contribution in [2.75, 3.05) is 33.3 Å². The Morgan fingerprint density at radius 1 is 1.13 bits per heavy atom. The average Bonchev–Trinajstić information content (AvgIpc) is 3.47. The summed E-state index contributed by atoms with van der Waals surface area (Å²) in [6.07, 6.45) is 1.65. The number of nitrogens with zero attached hydrogens (tertiary/aromatic N) is 3. The lowest BCUT2D eigenvalue weighted by atomic mass is 10.0. The van der Waals surface area contributed by atoms with Gasteiger partial charge in [-0.2, -0.15) is 0 Å². The monoisotopic (exact) mass is 461 g/mol. The summed E-state index contributed by atoms with van der Waals surface area (Å²) >= 11 is 9.35. The van der Waals surface area contributed by atoms with Crippen molar-refractivity contribution in [3.05, 3.63) is 63.4 Å². The number of methoxy groups -OCH3 is 1. The number of esters is 1. The van der Waals surface area contributed by atoms with Crippen LogP contribution in [0.2, 0.25) is 5.02 Å². The van der Waals surface area contributed by atoms with Gasteiger partial charge in [0.25, 0.3) is 5.91 Å². The van der Waals surface area contributed by atoms with Gasteiger partial charge in [-0.25, -0.2) is 9.78 Å². The number of amides is 1. The number of piperazine rings is 1. The summed E-state index contributed by atoms with van der Waals surface area (Å²) in [4.78, 5) is 35.4. The minimum Gasteiger partial charge on any atom is -0.468 e. The minimum absolute atomic E-state index is 0.0256. The molecule has 3 aromatic rings. The number of halogens is 1. The number of carbonyl (C=O) groups is 2. The molecule has 1 amide bonds. The molecule has 1 atom stereocenters. The highest BCUT2D eigenvalue weighted by atomic mass is 35.5. The third kappa shape index (κ3) is 4.27. The first-order valence-corrected chi connectivity index (χ1v) is 11.5. The first-order chi connectivity index (χ1) is 14.6. The first-order valence-electron chi connectivity index (χ1n) is 9.43. The fourth-order valence-corrected chi connectivity index (χ4v) is 5.43. The largest absolute Gasteiger partial charge is 0.468 e. The normalized spacial score (nSPS) is 15.7. The van der Waals surface area contributed by atoms with Gasteiger partial charge in [-0.1, -0.05) is 35.9 Å². The molecule has 2 aromatic heterocycles. The molecule has 0 saturated carbocycles. The summed E-state index contributed by atoms with van der Waals surface area (Å²) in [6.45, 7) is 2.13. The maximum absolute atomic E-state index is 12.9. The molecule has 0 bridgehead atoms. The molecule has 1 unspecified atom stereocenters. The van der Waals surface area contributed by atoms with E-state index >= 15 is 0 Å². The first kappa shape index (κ1) is 21.0. The zero-order chi connectivity index (χ0) is 21.1. The molecular weight excluding hydrogens is 442 g/mol. The fourth-order valence-electron chi connectivity index (χ4n) is 3.51. The van der Waals surface area contributed by atoms with Crippen LogP contribution in [-0.2, 0) is 9.53 Å². The van der Waals surface area contributed by atoms with E-state index in [1.165, 1.54) is 18.4 Å². The van der Waals surface area contributed by atoms with Crippen LogP contribution in [0.5, 0.6) is 0 Å². The van der Waals surface area contributed by atoms with E-state index in [0.29, 0.717) is 41.6 Å². The second-order valence-corrected chi connectivity index (χ2v) is 9.17. The van der Waals surface area contributed by atoms with Crippen molar-refractivity contribution in [2.45, 2.75) is 6.04 Å². The lowest BCUT2D eigenvalue weighted by Crippen LogP contribution is -2.51. The smallest absolute Gasteiger partial charge is 0.327 e. The van der Waals surface area contributed by atoms with Gasteiger partial charge in [-0.05, 0) is 23.1 Å². The summed E-state index contributed by atoms with van der Waals surface area (Å²) in [5.74, 6) is -0.381. The number of benzene rings is 1. The third-order valence-corrected chi connectivity index (χ3v) is 7.41. The van der Waals surface area contributed by atoms with Crippen molar-refractivity contribution in [3.63, 3.8) is 0 Å². The number of hydrogen-bond donors (Lipinski definition) is 0. The van der Waals surface area contributed by atoms with E-state index in [1.54, 1.807) is 23.6 Å². The quantitative estimate of drug-likeness (QED) is 0.533. The molecule has 3 heterocycles. The van der Waals surface area contributed by atoms with Gasteiger partial charge in [0, 0.05) is 31.2 Å². The van der Waals surface area contributed by atoms with Crippen molar-refractivity contribution in [1.82, 2.24) is 14.8 Å². The van der Waals surface area contributed by atoms with Gasteiger partial charge in [-0.15, -0.1) is 22.7 Å². The maximum atomic E-state index is 12.9. The average molecular weight is 462 g/mol. The van der Waals surface area contributed by atoms with Gasteiger partial charge < -0.3 is 9.64 Å². The van der Waals surface area contributed by atoms with Crippen molar-refractivity contribution in [3.8, 4) is 9.88 Å². The Labute approximate surface area is 187 Å². The molecule has 1 aromatic carbocycles. The molecule has 1 aliphatic rings. The number of ether oxygens (including phenoxy) is 1. The summed E-state index contributed by atoms with van der Waals surface area (Å²) in [5, 5.41) is 3.38. The summed E-state index contributed by atoms with van der Waals surface area (Å²) in [6, 6.07) is 10.7. The lowest BCUT2D eigenvalue weighted by Gasteiger charge is -2.38. The zero-order valence-electron chi connectivity index (χ0n) is 16.3. The van der Waals surface area contributed by atoms with Gasteiger partial charge in [0.05, 0.1) is 18.2 Å². The SMILES string of the molecule is COC(=O)C(c1ccccc1Cl)N1CCN(C(=O)c2cnc(-c3cccs3)s2)CC1. The molecule has 156 valence electrons. The lowest BCUT2D eigenvalue weighted by molar-refractivity contribution is -0.148. The van der Waals surface area contributed by atoms with Crippen LogP contribution in [0.1, 0.15) is 21.3 Å².